The first-order chi connectivity index (χ1) is 13.9. The van der Waals surface area contributed by atoms with Gasteiger partial charge in [0.05, 0.1) is 18.6 Å². The number of aliphatic hydroxyl groups excluding tert-OH is 2. The minimum atomic E-state index is -1.12. The summed E-state index contributed by atoms with van der Waals surface area (Å²) in [6.07, 6.45) is 0.732. The first-order valence-corrected chi connectivity index (χ1v) is 9.54. The fourth-order valence-electron chi connectivity index (χ4n) is 3.60. The van der Waals surface area contributed by atoms with Crippen molar-refractivity contribution in [3.8, 4) is 11.1 Å². The Balaban J connectivity index is 2.03. The van der Waals surface area contributed by atoms with E-state index in [0.29, 0.717) is 6.54 Å². The molecule has 0 aliphatic carbocycles. The lowest BCUT2D eigenvalue weighted by molar-refractivity contribution is -0.139. The number of carboxylic acid groups (broad SMARTS) is 1. The highest BCUT2D eigenvalue weighted by Crippen LogP contribution is 2.36. The van der Waals surface area contributed by atoms with Gasteiger partial charge in [-0.2, -0.15) is 0 Å². The Bertz CT molecular complexity index is 1020. The lowest BCUT2D eigenvalue weighted by Gasteiger charge is -2.12. The van der Waals surface area contributed by atoms with Gasteiger partial charge < -0.3 is 19.9 Å². The minimum absolute atomic E-state index is 0.0684. The molecule has 6 heteroatoms. The van der Waals surface area contributed by atoms with Crippen molar-refractivity contribution in [2.75, 3.05) is 0 Å². The second-order valence-corrected chi connectivity index (χ2v) is 6.94. The first kappa shape index (κ1) is 20.8. The third kappa shape index (κ3) is 4.72. The Kier molecular flexibility index (Phi) is 6.46. The molecule has 2 atom stereocenters. The van der Waals surface area contributed by atoms with Crippen LogP contribution in [0.25, 0.3) is 28.1 Å². The zero-order valence-electron chi connectivity index (χ0n) is 16.1. The third-order valence-corrected chi connectivity index (χ3v) is 4.86. The zero-order valence-corrected chi connectivity index (χ0v) is 16.1. The predicted octanol–water partition coefficient (Wildman–Crippen LogP) is 4.07. The van der Waals surface area contributed by atoms with Crippen molar-refractivity contribution < 1.29 is 24.5 Å². The van der Waals surface area contributed by atoms with Crippen LogP contribution in [-0.4, -0.2) is 38.1 Å². The summed E-state index contributed by atoms with van der Waals surface area (Å²) < 4.78 is 15.5. The van der Waals surface area contributed by atoms with E-state index in [2.05, 4.69) is 4.57 Å². The van der Waals surface area contributed by atoms with E-state index >= 15 is 0 Å². The van der Waals surface area contributed by atoms with Crippen LogP contribution in [-0.2, 0) is 11.3 Å². The molecule has 2 aromatic carbocycles. The molecule has 0 amide bonds. The van der Waals surface area contributed by atoms with Crippen molar-refractivity contribution in [3.63, 3.8) is 0 Å². The van der Waals surface area contributed by atoms with E-state index in [1.165, 1.54) is 12.1 Å². The number of halogens is 1. The standard InChI is InChI=1S/C23H24FNO4/c1-2-25-20-6-4-3-5-19(20)23(15-7-9-16(24)10-8-15)21(25)12-11-17(26)13-18(27)14-22(28)29/h3-12,17-18,26-27H,2,13-14H2,1H3,(H,28,29)/t17-,18-/m1/s1. The fraction of sp³-hybridized carbons (Fsp3) is 0.261. The monoisotopic (exact) mass is 397 g/mol. The lowest BCUT2D eigenvalue weighted by atomic mass is 10.0. The van der Waals surface area contributed by atoms with E-state index in [-0.39, 0.29) is 12.2 Å². The Morgan fingerprint density at radius 2 is 1.83 bits per heavy atom. The van der Waals surface area contributed by atoms with Crippen LogP contribution >= 0.6 is 0 Å². The van der Waals surface area contributed by atoms with E-state index in [1.54, 1.807) is 24.3 Å². The second-order valence-electron chi connectivity index (χ2n) is 6.94. The maximum Gasteiger partial charge on any atom is 0.305 e. The molecule has 0 radical (unpaired) electrons. The van der Waals surface area contributed by atoms with Crippen LogP contribution in [0, 0.1) is 5.82 Å². The quantitative estimate of drug-likeness (QED) is 0.535. The summed E-state index contributed by atoms with van der Waals surface area (Å²) in [7, 11) is 0. The number of hydrogen-bond donors (Lipinski definition) is 3. The predicted molar refractivity (Wildman–Crippen MR) is 111 cm³/mol. The van der Waals surface area contributed by atoms with E-state index in [1.807, 2.05) is 31.2 Å². The second kappa shape index (κ2) is 9.03. The number of aliphatic hydroxyl groups is 2. The molecule has 0 saturated carbocycles. The Labute approximate surface area is 168 Å². The number of carboxylic acids is 1. The van der Waals surface area contributed by atoms with Gasteiger partial charge in [-0.05, 0) is 36.8 Å². The van der Waals surface area contributed by atoms with Gasteiger partial charge in [0, 0.05) is 35.1 Å². The molecule has 1 heterocycles. The van der Waals surface area contributed by atoms with Crippen molar-refractivity contribution in [2.24, 2.45) is 0 Å². The molecule has 0 saturated heterocycles. The number of rotatable bonds is 8. The van der Waals surface area contributed by atoms with Crippen molar-refractivity contribution in [1.29, 1.82) is 0 Å². The fourth-order valence-corrected chi connectivity index (χ4v) is 3.60. The molecule has 3 aromatic rings. The van der Waals surface area contributed by atoms with Crippen LogP contribution in [0.3, 0.4) is 0 Å². The number of fused-ring (bicyclic) bond motifs is 1. The summed E-state index contributed by atoms with van der Waals surface area (Å²) >= 11 is 0. The number of nitrogens with zero attached hydrogens (tertiary/aromatic N) is 1. The first-order valence-electron chi connectivity index (χ1n) is 9.54. The van der Waals surface area contributed by atoms with Crippen LogP contribution in [0.15, 0.2) is 54.6 Å². The Morgan fingerprint density at radius 3 is 2.48 bits per heavy atom. The molecule has 152 valence electrons. The Hall–Kier alpha value is -2.96. The van der Waals surface area contributed by atoms with E-state index < -0.39 is 24.6 Å². The molecule has 0 spiro atoms. The smallest absolute Gasteiger partial charge is 0.305 e. The van der Waals surface area contributed by atoms with E-state index in [9.17, 15) is 19.4 Å². The van der Waals surface area contributed by atoms with Crippen molar-refractivity contribution in [3.05, 3.63) is 66.1 Å². The lowest BCUT2D eigenvalue weighted by Crippen LogP contribution is -2.19. The summed E-state index contributed by atoms with van der Waals surface area (Å²) in [6.45, 7) is 2.71. The number of aliphatic carboxylic acids is 1. The molecule has 0 fully saturated rings. The minimum Gasteiger partial charge on any atom is -0.481 e. The summed E-state index contributed by atoms with van der Waals surface area (Å²) in [5.74, 6) is -1.42. The van der Waals surface area contributed by atoms with Crippen LogP contribution in [0.1, 0.15) is 25.5 Å². The SMILES string of the molecule is CCn1c(C=C[C@@H](O)C[C@@H](O)CC(=O)O)c(-c2ccc(F)cc2)c2ccccc21. The highest BCUT2D eigenvalue weighted by Gasteiger charge is 2.17. The molecular weight excluding hydrogens is 373 g/mol. The van der Waals surface area contributed by atoms with Crippen molar-refractivity contribution in [2.45, 2.75) is 38.5 Å². The van der Waals surface area contributed by atoms with Crippen LogP contribution in [0.5, 0.6) is 0 Å². The maximum absolute atomic E-state index is 13.4. The normalized spacial score (nSPS) is 13.8. The summed E-state index contributed by atoms with van der Waals surface area (Å²) in [6, 6.07) is 14.2. The average Bonchev–Trinajstić information content (AvgIpc) is 2.99. The van der Waals surface area contributed by atoms with E-state index in [0.717, 1.165) is 27.7 Å². The van der Waals surface area contributed by atoms with Gasteiger partial charge in [0.1, 0.15) is 5.82 Å². The highest BCUT2D eigenvalue weighted by molar-refractivity contribution is 6.00. The molecule has 0 aliphatic heterocycles. The van der Waals surface area contributed by atoms with Crippen LogP contribution < -0.4 is 0 Å². The topological polar surface area (TPSA) is 82.7 Å². The van der Waals surface area contributed by atoms with Gasteiger partial charge in [-0.25, -0.2) is 4.39 Å². The van der Waals surface area contributed by atoms with Crippen molar-refractivity contribution in [1.82, 2.24) is 4.57 Å². The van der Waals surface area contributed by atoms with E-state index in [4.69, 9.17) is 5.11 Å². The third-order valence-electron chi connectivity index (χ3n) is 4.86. The Morgan fingerprint density at radius 1 is 1.14 bits per heavy atom. The van der Waals surface area contributed by atoms with Gasteiger partial charge >= 0.3 is 5.97 Å². The summed E-state index contributed by atoms with van der Waals surface area (Å²) in [5.41, 5.74) is 3.66. The number of benzene rings is 2. The number of para-hydroxylation sites is 1. The molecule has 3 N–H and O–H groups in total. The largest absolute Gasteiger partial charge is 0.481 e. The highest BCUT2D eigenvalue weighted by atomic mass is 19.1. The molecular formula is C23H24FNO4. The molecule has 0 unspecified atom stereocenters. The van der Waals surface area contributed by atoms with Crippen LogP contribution in [0.4, 0.5) is 4.39 Å². The molecule has 5 nitrogen and oxygen atoms in total. The molecule has 0 aliphatic rings. The summed E-state index contributed by atoms with van der Waals surface area (Å²) in [5, 5.41) is 29.7. The molecule has 0 bridgehead atoms. The number of carbonyl (C=O) groups is 1. The van der Waals surface area contributed by atoms with Gasteiger partial charge in [-0.1, -0.05) is 36.4 Å². The van der Waals surface area contributed by atoms with Gasteiger partial charge in [0.2, 0.25) is 0 Å². The molecule has 29 heavy (non-hydrogen) atoms. The number of aromatic nitrogens is 1. The zero-order chi connectivity index (χ0) is 21.0. The van der Waals surface area contributed by atoms with Gasteiger partial charge in [-0.3, -0.25) is 4.79 Å². The van der Waals surface area contributed by atoms with Crippen molar-refractivity contribution >= 4 is 22.9 Å². The molecule has 3 rings (SSSR count). The molecule has 1 aromatic heterocycles. The van der Waals surface area contributed by atoms with Gasteiger partial charge in [0.25, 0.3) is 0 Å². The van der Waals surface area contributed by atoms with Crippen LogP contribution in [0.2, 0.25) is 0 Å². The maximum atomic E-state index is 13.4. The average molecular weight is 397 g/mol. The number of aryl methyl sites for hydroxylation is 1. The van der Waals surface area contributed by atoms with Gasteiger partial charge in [-0.15, -0.1) is 0 Å². The summed E-state index contributed by atoms with van der Waals surface area (Å²) in [4.78, 5) is 10.7. The number of hydrogen-bond acceptors (Lipinski definition) is 3. The van der Waals surface area contributed by atoms with Gasteiger partial charge in [0.15, 0.2) is 0 Å².